The zero-order valence-corrected chi connectivity index (χ0v) is 8.90. The van der Waals surface area contributed by atoms with E-state index in [2.05, 4.69) is 0 Å². The van der Waals surface area contributed by atoms with Crippen molar-refractivity contribution in [2.45, 2.75) is 26.9 Å². The average molecular weight is 218 g/mol. The fraction of sp³-hybridized carbons (Fsp3) is 0.455. The van der Waals surface area contributed by atoms with Gasteiger partial charge in [0.2, 0.25) is 0 Å². The van der Waals surface area contributed by atoms with Crippen LogP contribution in [0.3, 0.4) is 0 Å². The van der Waals surface area contributed by atoms with Crippen molar-refractivity contribution in [2.75, 3.05) is 6.61 Å². The summed E-state index contributed by atoms with van der Waals surface area (Å²) in [6, 6.07) is 3.00. The molecule has 1 aromatic carbocycles. The molecule has 0 radical (unpaired) electrons. The molecule has 0 aromatic heterocycles. The molecule has 0 spiro atoms. The lowest BCUT2D eigenvalue weighted by atomic mass is 10.0. The van der Waals surface area contributed by atoms with Crippen LogP contribution in [0.2, 0.25) is 0 Å². The third-order valence-corrected chi connectivity index (χ3v) is 2.28. The molecule has 0 saturated carbocycles. The first-order valence-electron chi connectivity index (χ1n) is 4.68. The summed E-state index contributed by atoms with van der Waals surface area (Å²) in [7, 11) is 0. The van der Waals surface area contributed by atoms with Crippen LogP contribution >= 0.6 is 0 Å². The number of benzene rings is 1. The molecular formula is C11H13F3O. The first-order chi connectivity index (χ1) is 6.88. The van der Waals surface area contributed by atoms with Crippen LogP contribution in [-0.2, 0) is 6.18 Å². The molecular weight excluding hydrogens is 205 g/mol. The minimum Gasteiger partial charge on any atom is -0.493 e. The Balaban J connectivity index is 3.35. The lowest BCUT2D eigenvalue weighted by Gasteiger charge is -2.17. The minimum absolute atomic E-state index is 0.0897. The summed E-state index contributed by atoms with van der Waals surface area (Å²) in [6.45, 7) is 5.00. The van der Waals surface area contributed by atoms with Crippen LogP contribution in [0.4, 0.5) is 13.2 Å². The van der Waals surface area contributed by atoms with Crippen LogP contribution in [0.15, 0.2) is 12.1 Å². The van der Waals surface area contributed by atoms with Crippen LogP contribution in [-0.4, -0.2) is 6.61 Å². The van der Waals surface area contributed by atoms with Gasteiger partial charge in [0.15, 0.2) is 0 Å². The fourth-order valence-electron chi connectivity index (χ4n) is 1.42. The van der Waals surface area contributed by atoms with E-state index in [1.165, 1.54) is 13.0 Å². The number of halogens is 3. The second-order valence-corrected chi connectivity index (χ2v) is 3.31. The summed E-state index contributed by atoms with van der Waals surface area (Å²) >= 11 is 0. The predicted molar refractivity (Wildman–Crippen MR) is 52.1 cm³/mol. The van der Waals surface area contributed by atoms with Crippen LogP contribution in [0.5, 0.6) is 5.75 Å². The quantitative estimate of drug-likeness (QED) is 0.735. The van der Waals surface area contributed by atoms with Crippen LogP contribution in [0, 0.1) is 13.8 Å². The Morgan fingerprint density at radius 2 is 1.80 bits per heavy atom. The van der Waals surface area contributed by atoms with Gasteiger partial charge in [0.25, 0.3) is 0 Å². The van der Waals surface area contributed by atoms with Gasteiger partial charge >= 0.3 is 6.18 Å². The summed E-state index contributed by atoms with van der Waals surface area (Å²) in [5, 5.41) is 0. The van der Waals surface area contributed by atoms with Gasteiger partial charge in [0, 0.05) is 0 Å². The minimum atomic E-state index is -4.36. The monoisotopic (exact) mass is 218 g/mol. The SMILES string of the molecule is CCOc1ccc(C)c(C)c1C(F)(F)F. The number of rotatable bonds is 2. The Morgan fingerprint density at radius 1 is 1.20 bits per heavy atom. The lowest BCUT2D eigenvalue weighted by Crippen LogP contribution is -2.11. The smallest absolute Gasteiger partial charge is 0.420 e. The van der Waals surface area contributed by atoms with Crippen LogP contribution in [0.25, 0.3) is 0 Å². The maximum absolute atomic E-state index is 12.7. The fourth-order valence-corrected chi connectivity index (χ4v) is 1.42. The molecule has 0 saturated heterocycles. The molecule has 15 heavy (non-hydrogen) atoms. The highest BCUT2D eigenvalue weighted by molar-refractivity contribution is 5.45. The van der Waals surface area contributed by atoms with Crippen molar-refractivity contribution in [3.63, 3.8) is 0 Å². The second kappa shape index (κ2) is 4.13. The van der Waals surface area contributed by atoms with Gasteiger partial charge < -0.3 is 4.74 Å². The Morgan fingerprint density at radius 3 is 2.27 bits per heavy atom. The molecule has 0 heterocycles. The number of hydrogen-bond donors (Lipinski definition) is 0. The number of aryl methyl sites for hydroxylation is 1. The summed E-state index contributed by atoms with van der Waals surface area (Å²) in [5.41, 5.74) is 0.184. The molecule has 0 bridgehead atoms. The maximum Gasteiger partial charge on any atom is 0.420 e. The molecule has 0 fully saturated rings. The van der Waals surface area contributed by atoms with Gasteiger partial charge in [0.1, 0.15) is 11.3 Å². The highest BCUT2D eigenvalue weighted by atomic mass is 19.4. The van der Waals surface area contributed by atoms with Crippen molar-refractivity contribution in [1.82, 2.24) is 0 Å². The lowest BCUT2D eigenvalue weighted by molar-refractivity contribution is -0.139. The van der Waals surface area contributed by atoms with Gasteiger partial charge in [0.05, 0.1) is 6.61 Å². The van der Waals surface area contributed by atoms with Crippen molar-refractivity contribution in [2.24, 2.45) is 0 Å². The largest absolute Gasteiger partial charge is 0.493 e. The zero-order valence-electron chi connectivity index (χ0n) is 8.90. The highest BCUT2D eigenvalue weighted by Crippen LogP contribution is 2.39. The normalized spacial score (nSPS) is 11.6. The first-order valence-corrected chi connectivity index (χ1v) is 4.68. The second-order valence-electron chi connectivity index (χ2n) is 3.31. The van der Waals surface area contributed by atoms with Gasteiger partial charge in [-0.15, -0.1) is 0 Å². The Hall–Kier alpha value is -1.19. The summed E-state index contributed by atoms with van der Waals surface area (Å²) in [5.74, 6) is -0.0897. The van der Waals surface area contributed by atoms with Crippen molar-refractivity contribution in [1.29, 1.82) is 0 Å². The van der Waals surface area contributed by atoms with E-state index < -0.39 is 11.7 Å². The topological polar surface area (TPSA) is 9.23 Å². The molecule has 4 heteroatoms. The van der Waals surface area contributed by atoms with Gasteiger partial charge in [-0.3, -0.25) is 0 Å². The van der Waals surface area contributed by atoms with E-state index in [0.717, 1.165) is 0 Å². The van der Waals surface area contributed by atoms with Crippen LogP contribution in [0.1, 0.15) is 23.6 Å². The number of hydrogen-bond acceptors (Lipinski definition) is 1. The highest BCUT2D eigenvalue weighted by Gasteiger charge is 2.36. The molecule has 1 nitrogen and oxygen atoms in total. The van der Waals surface area contributed by atoms with Gasteiger partial charge in [-0.25, -0.2) is 0 Å². The average Bonchev–Trinajstić information content (AvgIpc) is 2.10. The van der Waals surface area contributed by atoms with E-state index in [4.69, 9.17) is 4.74 Å². The third kappa shape index (κ3) is 2.43. The zero-order chi connectivity index (χ0) is 11.6. The summed E-state index contributed by atoms with van der Waals surface area (Å²) in [4.78, 5) is 0. The third-order valence-electron chi connectivity index (χ3n) is 2.28. The molecule has 0 atom stereocenters. The Labute approximate surface area is 86.9 Å². The molecule has 0 aliphatic carbocycles. The first kappa shape index (κ1) is 11.9. The molecule has 0 unspecified atom stereocenters. The van der Waals surface area contributed by atoms with Gasteiger partial charge in [-0.1, -0.05) is 6.07 Å². The van der Waals surface area contributed by atoms with E-state index in [-0.39, 0.29) is 17.9 Å². The van der Waals surface area contributed by atoms with Gasteiger partial charge in [-0.2, -0.15) is 13.2 Å². The molecule has 1 aromatic rings. The van der Waals surface area contributed by atoms with Crippen molar-refractivity contribution in [3.8, 4) is 5.75 Å². The molecule has 1 rings (SSSR count). The van der Waals surface area contributed by atoms with E-state index >= 15 is 0 Å². The van der Waals surface area contributed by atoms with Crippen molar-refractivity contribution in [3.05, 3.63) is 28.8 Å². The van der Waals surface area contributed by atoms with E-state index in [1.807, 2.05) is 0 Å². The summed E-state index contributed by atoms with van der Waals surface area (Å²) in [6.07, 6.45) is -4.36. The van der Waals surface area contributed by atoms with E-state index in [0.29, 0.717) is 5.56 Å². The summed E-state index contributed by atoms with van der Waals surface area (Å²) < 4.78 is 43.2. The molecule has 0 N–H and O–H groups in total. The van der Waals surface area contributed by atoms with Crippen molar-refractivity contribution < 1.29 is 17.9 Å². The van der Waals surface area contributed by atoms with E-state index in [9.17, 15) is 13.2 Å². The molecule has 0 amide bonds. The van der Waals surface area contributed by atoms with Gasteiger partial charge in [-0.05, 0) is 38.0 Å². The Kier molecular flexibility index (Phi) is 3.27. The molecule has 0 aliphatic heterocycles. The van der Waals surface area contributed by atoms with E-state index in [1.54, 1.807) is 19.9 Å². The maximum atomic E-state index is 12.7. The number of alkyl halides is 3. The molecule has 84 valence electrons. The Bertz CT molecular complexity index is 356. The molecule has 0 aliphatic rings. The van der Waals surface area contributed by atoms with Crippen molar-refractivity contribution >= 4 is 0 Å². The standard InChI is InChI=1S/C11H13F3O/c1-4-15-9-6-5-7(2)8(3)10(9)11(12,13)14/h5-6H,4H2,1-3H3. The van der Waals surface area contributed by atoms with Crippen LogP contribution < -0.4 is 4.74 Å². The number of ether oxygens (including phenoxy) is 1. The predicted octanol–water partition coefficient (Wildman–Crippen LogP) is 3.72.